The van der Waals surface area contributed by atoms with Crippen molar-refractivity contribution in [2.24, 2.45) is 11.8 Å². The molecule has 2 fully saturated rings. The molecule has 9 nitrogen and oxygen atoms in total. The molecule has 30 heavy (non-hydrogen) atoms. The topological polar surface area (TPSA) is 114 Å². The van der Waals surface area contributed by atoms with E-state index in [2.05, 4.69) is 15.8 Å². The van der Waals surface area contributed by atoms with Gasteiger partial charge in [-0.3, -0.25) is 14.4 Å². The predicted octanol–water partition coefficient (Wildman–Crippen LogP) is 1.40. The number of hydrogen-bond acceptors (Lipinski definition) is 6. The van der Waals surface area contributed by atoms with E-state index in [1.807, 2.05) is 34.6 Å². The van der Waals surface area contributed by atoms with Crippen molar-refractivity contribution in [1.82, 2.24) is 15.4 Å². The number of carbonyl (C=O) groups excluding carboxylic acids is 3. The summed E-state index contributed by atoms with van der Waals surface area (Å²) in [6.07, 6.45) is 2.99. The van der Waals surface area contributed by atoms with Crippen molar-refractivity contribution in [3.63, 3.8) is 0 Å². The standard InChI is InChI=1S/C21H28N4O5/c1-10(2)25-16(18(27)23-20(4,5)6)21-8-7-12(29-21)14(15(21)19(25)28)17(26)22-13-9-11(3)30-24-13/h7-10,12,14-16H,1-6H3,(H,23,27)(H,22,24,26)/t12-,14-,15-,16-,21-/m1/s1. The Balaban J connectivity index is 1.69. The monoisotopic (exact) mass is 416 g/mol. The number of ether oxygens (including phenoxy) is 1. The average molecular weight is 416 g/mol. The number of anilines is 1. The van der Waals surface area contributed by atoms with Gasteiger partial charge in [0, 0.05) is 17.6 Å². The molecule has 9 heteroatoms. The van der Waals surface area contributed by atoms with Crippen LogP contribution in [0.1, 0.15) is 40.4 Å². The highest BCUT2D eigenvalue weighted by molar-refractivity contribution is 6.02. The van der Waals surface area contributed by atoms with Gasteiger partial charge in [-0.1, -0.05) is 17.3 Å². The first-order valence-electron chi connectivity index (χ1n) is 10.2. The van der Waals surface area contributed by atoms with Crippen molar-refractivity contribution in [3.05, 3.63) is 24.0 Å². The number of hydrogen-bond donors (Lipinski definition) is 2. The second-order valence-electron chi connectivity index (χ2n) is 9.59. The summed E-state index contributed by atoms with van der Waals surface area (Å²) in [6.45, 7) is 11.1. The van der Waals surface area contributed by atoms with Gasteiger partial charge >= 0.3 is 0 Å². The Labute approximate surface area is 175 Å². The van der Waals surface area contributed by atoms with Crippen LogP contribution in [-0.2, 0) is 19.1 Å². The Morgan fingerprint density at radius 3 is 2.53 bits per heavy atom. The minimum Gasteiger partial charge on any atom is -0.360 e. The number of aryl methyl sites for hydroxylation is 1. The van der Waals surface area contributed by atoms with Crippen molar-refractivity contribution in [2.45, 2.75) is 70.9 Å². The molecule has 3 aliphatic rings. The molecule has 2 saturated heterocycles. The van der Waals surface area contributed by atoms with Crippen LogP contribution in [0.4, 0.5) is 5.82 Å². The predicted molar refractivity (Wildman–Crippen MR) is 107 cm³/mol. The van der Waals surface area contributed by atoms with Gasteiger partial charge in [-0.25, -0.2) is 0 Å². The van der Waals surface area contributed by atoms with Crippen LogP contribution in [0.25, 0.3) is 0 Å². The zero-order chi connectivity index (χ0) is 22.0. The lowest BCUT2D eigenvalue weighted by Crippen LogP contribution is -2.59. The van der Waals surface area contributed by atoms with Crippen LogP contribution in [-0.4, -0.2) is 57.1 Å². The van der Waals surface area contributed by atoms with E-state index in [4.69, 9.17) is 9.26 Å². The molecule has 1 spiro atoms. The Bertz CT molecular complexity index is 930. The highest BCUT2D eigenvalue weighted by atomic mass is 16.5. The van der Waals surface area contributed by atoms with Crippen molar-refractivity contribution in [2.75, 3.05) is 5.32 Å². The number of amides is 3. The maximum absolute atomic E-state index is 13.5. The van der Waals surface area contributed by atoms with Crippen molar-refractivity contribution in [1.29, 1.82) is 0 Å². The molecule has 4 rings (SSSR count). The number of aromatic nitrogens is 1. The molecule has 4 heterocycles. The first-order chi connectivity index (χ1) is 13.9. The second-order valence-corrected chi connectivity index (χ2v) is 9.59. The maximum Gasteiger partial charge on any atom is 0.246 e. The minimum absolute atomic E-state index is 0.230. The quantitative estimate of drug-likeness (QED) is 0.717. The summed E-state index contributed by atoms with van der Waals surface area (Å²) in [5.74, 6) is -1.60. The Hall–Kier alpha value is -2.68. The number of rotatable bonds is 4. The van der Waals surface area contributed by atoms with Gasteiger partial charge in [-0.05, 0) is 41.5 Å². The van der Waals surface area contributed by atoms with Gasteiger partial charge in [-0.15, -0.1) is 0 Å². The molecule has 0 saturated carbocycles. The summed E-state index contributed by atoms with van der Waals surface area (Å²) < 4.78 is 11.2. The van der Waals surface area contributed by atoms with Crippen molar-refractivity contribution in [3.8, 4) is 0 Å². The Morgan fingerprint density at radius 2 is 1.97 bits per heavy atom. The van der Waals surface area contributed by atoms with Crippen LogP contribution in [0.2, 0.25) is 0 Å². The molecule has 3 aliphatic heterocycles. The summed E-state index contributed by atoms with van der Waals surface area (Å²) in [4.78, 5) is 41.4. The molecule has 1 aromatic heterocycles. The number of likely N-dealkylation sites (tertiary alicyclic amines) is 1. The van der Waals surface area contributed by atoms with E-state index in [-0.39, 0.29) is 29.6 Å². The first kappa shape index (κ1) is 20.6. The zero-order valence-electron chi connectivity index (χ0n) is 18.1. The van der Waals surface area contributed by atoms with Crippen LogP contribution in [0.15, 0.2) is 22.7 Å². The highest BCUT2D eigenvalue weighted by Gasteiger charge is 2.73. The van der Waals surface area contributed by atoms with E-state index in [0.29, 0.717) is 5.76 Å². The number of carbonyl (C=O) groups is 3. The van der Waals surface area contributed by atoms with E-state index in [1.165, 1.54) is 0 Å². The number of nitrogens with one attached hydrogen (secondary N) is 2. The molecule has 0 radical (unpaired) electrons. The molecule has 162 valence electrons. The molecule has 2 N–H and O–H groups in total. The zero-order valence-corrected chi connectivity index (χ0v) is 18.1. The van der Waals surface area contributed by atoms with Gasteiger partial charge in [-0.2, -0.15) is 0 Å². The summed E-state index contributed by atoms with van der Waals surface area (Å²) in [5, 5.41) is 9.48. The lowest BCUT2D eigenvalue weighted by Gasteiger charge is -2.36. The molecule has 2 bridgehead atoms. The highest BCUT2D eigenvalue weighted by Crippen LogP contribution is 2.55. The van der Waals surface area contributed by atoms with Gasteiger partial charge in [0.15, 0.2) is 5.82 Å². The van der Waals surface area contributed by atoms with Crippen molar-refractivity contribution >= 4 is 23.5 Å². The number of nitrogens with zero attached hydrogens (tertiary/aromatic N) is 2. The molecule has 5 atom stereocenters. The van der Waals surface area contributed by atoms with Crippen LogP contribution >= 0.6 is 0 Å². The molecule has 0 aromatic carbocycles. The molecule has 0 aliphatic carbocycles. The van der Waals surface area contributed by atoms with Crippen LogP contribution < -0.4 is 10.6 Å². The summed E-state index contributed by atoms with van der Waals surface area (Å²) in [5.41, 5.74) is -1.64. The fourth-order valence-corrected chi connectivity index (χ4v) is 4.83. The maximum atomic E-state index is 13.5. The first-order valence-corrected chi connectivity index (χ1v) is 10.2. The second kappa shape index (κ2) is 6.66. The van der Waals surface area contributed by atoms with E-state index in [0.717, 1.165) is 0 Å². The van der Waals surface area contributed by atoms with Crippen molar-refractivity contribution < 1.29 is 23.6 Å². The minimum atomic E-state index is -1.16. The largest absolute Gasteiger partial charge is 0.360 e. The van der Waals surface area contributed by atoms with Gasteiger partial charge in [0.05, 0.1) is 17.9 Å². The van der Waals surface area contributed by atoms with E-state index in [9.17, 15) is 14.4 Å². The molecule has 1 aromatic rings. The van der Waals surface area contributed by atoms with Crippen LogP contribution in [0.5, 0.6) is 0 Å². The molecule has 0 unspecified atom stereocenters. The Kier molecular flexibility index (Phi) is 4.57. The fraction of sp³-hybridized carbons (Fsp3) is 0.619. The molecular weight excluding hydrogens is 388 g/mol. The average Bonchev–Trinajstić information content (AvgIpc) is 3.33. The lowest BCUT2D eigenvalue weighted by molar-refractivity contribution is -0.143. The third-order valence-electron chi connectivity index (χ3n) is 5.80. The molecule has 3 amide bonds. The van der Waals surface area contributed by atoms with E-state index < -0.39 is 35.1 Å². The van der Waals surface area contributed by atoms with Gasteiger partial charge in [0.1, 0.15) is 17.4 Å². The number of fused-ring (bicyclic) bond motifs is 1. The summed E-state index contributed by atoms with van der Waals surface area (Å²) in [6, 6.07) is 0.530. The summed E-state index contributed by atoms with van der Waals surface area (Å²) in [7, 11) is 0. The fourth-order valence-electron chi connectivity index (χ4n) is 4.83. The summed E-state index contributed by atoms with van der Waals surface area (Å²) >= 11 is 0. The van der Waals surface area contributed by atoms with Crippen LogP contribution in [0.3, 0.4) is 0 Å². The lowest BCUT2D eigenvalue weighted by atomic mass is 9.74. The van der Waals surface area contributed by atoms with E-state index >= 15 is 0 Å². The SMILES string of the molecule is Cc1cc(NC(=O)[C@@H]2[C@H]3C=C[C@@]4(O3)[C@H]2C(=O)N(C(C)C)[C@@H]4C(=O)NC(C)(C)C)no1. The van der Waals surface area contributed by atoms with Gasteiger partial charge < -0.3 is 24.8 Å². The van der Waals surface area contributed by atoms with Gasteiger partial charge in [0.2, 0.25) is 17.7 Å². The Morgan fingerprint density at radius 1 is 1.27 bits per heavy atom. The van der Waals surface area contributed by atoms with Gasteiger partial charge in [0.25, 0.3) is 0 Å². The van der Waals surface area contributed by atoms with E-state index in [1.54, 1.807) is 30.0 Å². The molecular formula is C21H28N4O5. The smallest absolute Gasteiger partial charge is 0.246 e. The van der Waals surface area contributed by atoms with Crippen LogP contribution in [0, 0.1) is 18.8 Å². The third-order valence-corrected chi connectivity index (χ3v) is 5.80. The third kappa shape index (κ3) is 3.03. The normalized spacial score (nSPS) is 32.1.